The van der Waals surface area contributed by atoms with Gasteiger partial charge in [0, 0.05) is 0 Å². The van der Waals surface area contributed by atoms with Crippen LogP contribution in [0.4, 0.5) is 39.5 Å². The smallest absolute Gasteiger partial charge is 0.460 e. The summed E-state index contributed by atoms with van der Waals surface area (Å²) in [5, 5.41) is 1.99. The van der Waals surface area contributed by atoms with Gasteiger partial charge < -0.3 is 10.2 Å². The molecule has 2 nitrogen and oxygen atoms in total. The Bertz CT molecular complexity index is 311. The van der Waals surface area contributed by atoms with Gasteiger partial charge in [0.25, 0.3) is 0 Å². The summed E-state index contributed by atoms with van der Waals surface area (Å²) in [6, 6.07) is -5.82. The van der Waals surface area contributed by atoms with Crippen LogP contribution in [0.3, 0.4) is 0 Å². The standard InChI is InChI=1S/C9H12F9N2/c1-20(2)5-3-4-19-9(17,18)7(12,13)6(10,11)8(14,15)16/h3-5H2,1-2H3/q-1. The molecule has 0 heterocycles. The van der Waals surface area contributed by atoms with Crippen LogP contribution in [-0.2, 0) is 0 Å². The largest absolute Gasteiger partial charge is 0.595 e. The molecule has 122 valence electrons. The second-order valence-electron chi connectivity index (χ2n) is 4.23. The van der Waals surface area contributed by atoms with Gasteiger partial charge in [-0.25, -0.2) is 8.78 Å². The van der Waals surface area contributed by atoms with E-state index in [2.05, 4.69) is 0 Å². The van der Waals surface area contributed by atoms with Crippen LogP contribution >= 0.6 is 0 Å². The first-order chi connectivity index (χ1) is 8.67. The topological polar surface area (TPSA) is 17.3 Å². The van der Waals surface area contributed by atoms with Crippen LogP contribution in [0, 0.1) is 0 Å². The zero-order valence-electron chi connectivity index (χ0n) is 10.4. The highest BCUT2D eigenvalue weighted by Gasteiger charge is 2.78. The van der Waals surface area contributed by atoms with Gasteiger partial charge in [0.2, 0.25) is 6.05 Å². The summed E-state index contributed by atoms with van der Waals surface area (Å²) in [4.78, 5) is 1.47. The summed E-state index contributed by atoms with van der Waals surface area (Å²) in [5.41, 5.74) is 0. The Hall–Kier alpha value is -0.710. The van der Waals surface area contributed by atoms with Gasteiger partial charge in [0.15, 0.2) is 0 Å². The average Bonchev–Trinajstić information content (AvgIpc) is 2.22. The minimum atomic E-state index is -6.88. The van der Waals surface area contributed by atoms with E-state index in [0.29, 0.717) is 0 Å². The minimum absolute atomic E-state index is 0.126. The molecule has 0 amide bonds. The maximum Gasteiger partial charge on any atom is 0.460 e. The second-order valence-corrected chi connectivity index (χ2v) is 4.23. The zero-order valence-corrected chi connectivity index (χ0v) is 10.4. The predicted molar refractivity (Wildman–Crippen MR) is 52.3 cm³/mol. The fourth-order valence-corrected chi connectivity index (χ4v) is 1.07. The van der Waals surface area contributed by atoms with Crippen molar-refractivity contribution < 1.29 is 39.5 Å². The lowest BCUT2D eigenvalue weighted by molar-refractivity contribution is -0.390. The zero-order chi connectivity index (χ0) is 16.4. The van der Waals surface area contributed by atoms with Crippen molar-refractivity contribution in [1.29, 1.82) is 0 Å². The predicted octanol–water partition coefficient (Wildman–Crippen LogP) is 3.74. The molecule has 0 saturated heterocycles. The fourth-order valence-electron chi connectivity index (χ4n) is 1.07. The Balaban J connectivity index is 4.89. The molecule has 0 aromatic heterocycles. The molecule has 0 aliphatic rings. The van der Waals surface area contributed by atoms with Gasteiger partial charge >= 0.3 is 18.0 Å². The summed E-state index contributed by atoms with van der Waals surface area (Å²) in [5.74, 6) is -13.5. The maximum atomic E-state index is 12.8. The number of alkyl halides is 9. The van der Waals surface area contributed by atoms with E-state index >= 15 is 0 Å². The van der Waals surface area contributed by atoms with Crippen LogP contribution in [0.1, 0.15) is 6.42 Å². The highest BCUT2D eigenvalue weighted by Crippen LogP contribution is 2.54. The van der Waals surface area contributed by atoms with Crippen molar-refractivity contribution in [3.63, 3.8) is 0 Å². The summed E-state index contributed by atoms with van der Waals surface area (Å²) in [7, 11) is 3.04. The maximum absolute atomic E-state index is 12.8. The highest BCUT2D eigenvalue weighted by molar-refractivity contribution is 5.08. The monoisotopic (exact) mass is 319 g/mol. The van der Waals surface area contributed by atoms with E-state index in [1.165, 1.54) is 19.0 Å². The van der Waals surface area contributed by atoms with Crippen LogP contribution in [0.5, 0.6) is 0 Å². The number of hydrogen-bond acceptors (Lipinski definition) is 1. The van der Waals surface area contributed by atoms with Crippen molar-refractivity contribution >= 4 is 0 Å². The van der Waals surface area contributed by atoms with Gasteiger partial charge in [-0.15, -0.1) is 6.54 Å². The van der Waals surface area contributed by atoms with E-state index in [9.17, 15) is 39.5 Å². The van der Waals surface area contributed by atoms with E-state index in [1.54, 1.807) is 0 Å². The molecule has 0 aliphatic heterocycles. The molecular formula is C9H12F9N2-. The van der Waals surface area contributed by atoms with Crippen LogP contribution < -0.4 is 0 Å². The molecule has 0 spiro atoms. The van der Waals surface area contributed by atoms with E-state index in [0.717, 1.165) is 0 Å². The third-order valence-electron chi connectivity index (χ3n) is 2.20. The Labute approximate surface area is 108 Å². The Morgan fingerprint density at radius 2 is 1.25 bits per heavy atom. The normalized spacial score (nSPS) is 15.0. The number of nitrogens with zero attached hydrogens (tertiary/aromatic N) is 2. The van der Waals surface area contributed by atoms with Crippen molar-refractivity contribution in [2.24, 2.45) is 0 Å². The molecule has 0 bridgehead atoms. The SMILES string of the molecule is CN(C)CCC[N-]C(F)(F)C(F)(F)C(F)(F)C(F)(F)F. The van der Waals surface area contributed by atoms with Crippen molar-refractivity contribution in [3.05, 3.63) is 5.32 Å². The number of halogens is 9. The summed E-state index contributed by atoms with van der Waals surface area (Å²) < 4.78 is 111. The molecule has 0 unspecified atom stereocenters. The van der Waals surface area contributed by atoms with Crippen molar-refractivity contribution in [3.8, 4) is 0 Å². The number of hydrogen-bond donors (Lipinski definition) is 0. The first-order valence-electron chi connectivity index (χ1n) is 5.20. The van der Waals surface area contributed by atoms with Gasteiger partial charge in [-0.2, -0.15) is 30.7 Å². The molecule has 0 aromatic carbocycles. The minimum Gasteiger partial charge on any atom is -0.595 e. The third kappa shape index (κ3) is 3.90. The Kier molecular flexibility index (Phi) is 5.75. The second kappa shape index (κ2) is 5.96. The summed E-state index contributed by atoms with van der Waals surface area (Å²) in [6.45, 7) is -0.852. The molecule has 20 heavy (non-hydrogen) atoms. The van der Waals surface area contributed by atoms with E-state index < -0.39 is 30.6 Å². The molecular weight excluding hydrogens is 307 g/mol. The van der Waals surface area contributed by atoms with Crippen molar-refractivity contribution in [2.75, 3.05) is 27.2 Å². The molecule has 11 heteroatoms. The molecule has 0 radical (unpaired) electrons. The average molecular weight is 319 g/mol. The first kappa shape index (κ1) is 19.3. The van der Waals surface area contributed by atoms with Crippen LogP contribution in [-0.4, -0.2) is 56.2 Å². The van der Waals surface area contributed by atoms with E-state index in [1.807, 2.05) is 5.32 Å². The van der Waals surface area contributed by atoms with Crippen LogP contribution in [0.15, 0.2) is 0 Å². The lowest BCUT2D eigenvalue weighted by Crippen LogP contribution is -2.60. The van der Waals surface area contributed by atoms with Crippen LogP contribution in [0.25, 0.3) is 5.32 Å². The van der Waals surface area contributed by atoms with Crippen LogP contribution in [0.2, 0.25) is 0 Å². The van der Waals surface area contributed by atoms with E-state index in [-0.39, 0.29) is 13.0 Å². The summed E-state index contributed by atoms with van der Waals surface area (Å²) >= 11 is 0. The Morgan fingerprint density at radius 1 is 0.800 bits per heavy atom. The lowest BCUT2D eigenvalue weighted by Gasteiger charge is -2.41. The quantitative estimate of drug-likeness (QED) is 0.397. The molecule has 0 N–H and O–H groups in total. The van der Waals surface area contributed by atoms with Gasteiger partial charge in [0.1, 0.15) is 0 Å². The molecule has 0 saturated carbocycles. The Morgan fingerprint density at radius 3 is 1.60 bits per heavy atom. The molecule has 0 atom stereocenters. The third-order valence-corrected chi connectivity index (χ3v) is 2.20. The molecule has 0 fully saturated rings. The fraction of sp³-hybridized carbons (Fsp3) is 1.00. The molecule has 0 aliphatic carbocycles. The van der Waals surface area contributed by atoms with Gasteiger partial charge in [-0.1, -0.05) is 6.42 Å². The van der Waals surface area contributed by atoms with Gasteiger partial charge in [-0.05, 0) is 20.6 Å². The summed E-state index contributed by atoms with van der Waals surface area (Å²) in [6.07, 6.45) is -7.00. The van der Waals surface area contributed by atoms with Crippen molar-refractivity contribution in [1.82, 2.24) is 4.90 Å². The van der Waals surface area contributed by atoms with Crippen molar-refractivity contribution in [2.45, 2.75) is 30.5 Å². The first-order valence-corrected chi connectivity index (χ1v) is 5.20. The lowest BCUT2D eigenvalue weighted by atomic mass is 10.1. The van der Waals surface area contributed by atoms with Gasteiger partial charge in [-0.3, -0.25) is 0 Å². The number of rotatable bonds is 7. The van der Waals surface area contributed by atoms with E-state index in [4.69, 9.17) is 0 Å². The highest BCUT2D eigenvalue weighted by atomic mass is 19.4. The molecule has 0 rings (SSSR count). The van der Waals surface area contributed by atoms with Gasteiger partial charge in [0.05, 0.1) is 0 Å². The molecule has 0 aromatic rings.